The standard InChI is InChI=1S/C21H17N3O2S2/c1-13(15-5-3-2-4-6-15)20(26)24-21-23-16-8-7-14(10-19(16)28-21)9-18(25)17-11-27-12-22-17/h2-8,10-13H,9H2,1H3,(H,23,24,26). The van der Waals surface area contributed by atoms with Gasteiger partial charge in [0.25, 0.3) is 0 Å². The number of rotatable bonds is 6. The van der Waals surface area contributed by atoms with Gasteiger partial charge in [-0.15, -0.1) is 11.3 Å². The number of amides is 1. The lowest BCUT2D eigenvalue weighted by molar-refractivity contribution is -0.117. The predicted molar refractivity (Wildman–Crippen MR) is 113 cm³/mol. The van der Waals surface area contributed by atoms with Crippen LogP contribution in [-0.4, -0.2) is 21.7 Å². The van der Waals surface area contributed by atoms with E-state index in [1.165, 1.54) is 22.7 Å². The molecule has 28 heavy (non-hydrogen) atoms. The van der Waals surface area contributed by atoms with E-state index in [1.807, 2.05) is 55.5 Å². The van der Waals surface area contributed by atoms with Crippen molar-refractivity contribution in [2.75, 3.05) is 5.32 Å². The second kappa shape index (κ2) is 8.00. The van der Waals surface area contributed by atoms with Crippen LogP contribution in [0, 0.1) is 0 Å². The molecule has 0 saturated carbocycles. The number of carbonyl (C=O) groups is 2. The van der Waals surface area contributed by atoms with Gasteiger partial charge in [0.05, 0.1) is 21.6 Å². The number of nitrogens with one attached hydrogen (secondary N) is 1. The van der Waals surface area contributed by atoms with Crippen LogP contribution in [0.1, 0.15) is 34.5 Å². The van der Waals surface area contributed by atoms with E-state index in [9.17, 15) is 9.59 Å². The van der Waals surface area contributed by atoms with E-state index in [2.05, 4.69) is 15.3 Å². The number of aromatic nitrogens is 2. The van der Waals surface area contributed by atoms with Crippen molar-refractivity contribution in [3.8, 4) is 0 Å². The number of carbonyl (C=O) groups excluding carboxylic acids is 2. The number of fused-ring (bicyclic) bond motifs is 1. The van der Waals surface area contributed by atoms with E-state index in [-0.39, 0.29) is 17.6 Å². The molecular weight excluding hydrogens is 390 g/mol. The van der Waals surface area contributed by atoms with Gasteiger partial charge in [0.2, 0.25) is 5.91 Å². The molecule has 1 atom stereocenters. The first-order valence-corrected chi connectivity index (χ1v) is 10.5. The number of thiazole rings is 2. The molecule has 4 rings (SSSR count). The first-order valence-electron chi connectivity index (χ1n) is 8.77. The van der Waals surface area contributed by atoms with Gasteiger partial charge in [-0.1, -0.05) is 47.7 Å². The first kappa shape index (κ1) is 18.5. The van der Waals surface area contributed by atoms with Crippen LogP contribution >= 0.6 is 22.7 Å². The van der Waals surface area contributed by atoms with Crippen molar-refractivity contribution in [3.63, 3.8) is 0 Å². The predicted octanol–water partition coefficient (Wildman–Crippen LogP) is 4.92. The lowest BCUT2D eigenvalue weighted by atomic mass is 10.0. The highest BCUT2D eigenvalue weighted by atomic mass is 32.1. The summed E-state index contributed by atoms with van der Waals surface area (Å²) in [5.74, 6) is -0.362. The fraction of sp³-hybridized carbons (Fsp3) is 0.143. The van der Waals surface area contributed by atoms with Crippen molar-refractivity contribution in [2.45, 2.75) is 19.3 Å². The van der Waals surface area contributed by atoms with Crippen molar-refractivity contribution >= 4 is 49.7 Å². The van der Waals surface area contributed by atoms with Crippen molar-refractivity contribution in [1.29, 1.82) is 0 Å². The summed E-state index contributed by atoms with van der Waals surface area (Å²) in [4.78, 5) is 33.3. The molecule has 2 aromatic carbocycles. The monoisotopic (exact) mass is 407 g/mol. The Labute approximate surface area is 170 Å². The Morgan fingerprint density at radius 1 is 1.14 bits per heavy atom. The lowest BCUT2D eigenvalue weighted by Crippen LogP contribution is -2.18. The van der Waals surface area contributed by atoms with Crippen LogP contribution in [0.2, 0.25) is 0 Å². The number of benzene rings is 2. The fourth-order valence-electron chi connectivity index (χ4n) is 2.87. The summed E-state index contributed by atoms with van der Waals surface area (Å²) in [5.41, 5.74) is 4.83. The zero-order chi connectivity index (χ0) is 19.5. The van der Waals surface area contributed by atoms with Crippen molar-refractivity contribution in [3.05, 3.63) is 76.2 Å². The maximum Gasteiger partial charge on any atom is 0.233 e. The van der Waals surface area contributed by atoms with Crippen LogP contribution < -0.4 is 5.32 Å². The van der Waals surface area contributed by atoms with Crippen molar-refractivity contribution < 1.29 is 9.59 Å². The summed E-state index contributed by atoms with van der Waals surface area (Å²) in [6, 6.07) is 15.4. The number of Topliss-reactive ketones (excluding diaryl/α,β-unsaturated/α-hetero) is 1. The first-order chi connectivity index (χ1) is 13.6. The maximum atomic E-state index is 12.5. The Balaban J connectivity index is 1.48. The third-order valence-electron chi connectivity index (χ3n) is 4.46. The molecule has 0 bridgehead atoms. The van der Waals surface area contributed by atoms with E-state index < -0.39 is 0 Å². The molecule has 0 spiro atoms. The molecule has 140 valence electrons. The molecule has 0 aliphatic carbocycles. The number of ketones is 1. The highest BCUT2D eigenvalue weighted by molar-refractivity contribution is 7.22. The van der Waals surface area contributed by atoms with Gasteiger partial charge in [0, 0.05) is 11.8 Å². The number of nitrogens with zero attached hydrogens (tertiary/aromatic N) is 2. The summed E-state index contributed by atoms with van der Waals surface area (Å²) in [5, 5.41) is 5.23. The molecule has 0 fully saturated rings. The molecular formula is C21H17N3O2S2. The van der Waals surface area contributed by atoms with Gasteiger partial charge in [-0.25, -0.2) is 9.97 Å². The van der Waals surface area contributed by atoms with E-state index in [0.29, 0.717) is 17.2 Å². The Hall–Kier alpha value is -2.90. The molecule has 0 saturated heterocycles. The normalized spacial score (nSPS) is 12.0. The van der Waals surface area contributed by atoms with Gasteiger partial charge in [-0.3, -0.25) is 9.59 Å². The largest absolute Gasteiger partial charge is 0.301 e. The minimum atomic E-state index is -0.264. The molecule has 7 heteroatoms. The van der Waals surface area contributed by atoms with Crippen LogP contribution in [0.15, 0.2) is 59.4 Å². The fourth-order valence-corrected chi connectivity index (χ4v) is 4.35. The molecule has 5 nitrogen and oxygen atoms in total. The topological polar surface area (TPSA) is 72.0 Å². The molecule has 0 aliphatic heterocycles. The zero-order valence-electron chi connectivity index (χ0n) is 15.1. The molecule has 2 heterocycles. The van der Waals surface area contributed by atoms with Gasteiger partial charge in [-0.2, -0.15) is 0 Å². The highest BCUT2D eigenvalue weighted by Gasteiger charge is 2.17. The van der Waals surface area contributed by atoms with Crippen molar-refractivity contribution in [1.82, 2.24) is 9.97 Å². The second-order valence-corrected chi connectivity index (χ2v) is 8.17. The van der Waals surface area contributed by atoms with Gasteiger partial charge in [0.1, 0.15) is 5.69 Å². The number of anilines is 1. The summed E-state index contributed by atoms with van der Waals surface area (Å²) < 4.78 is 0.936. The maximum absolute atomic E-state index is 12.5. The zero-order valence-corrected chi connectivity index (χ0v) is 16.7. The second-order valence-electron chi connectivity index (χ2n) is 6.42. The minimum Gasteiger partial charge on any atom is -0.301 e. The molecule has 0 radical (unpaired) electrons. The molecule has 0 aliphatic rings. The van der Waals surface area contributed by atoms with Crippen LogP contribution in [-0.2, 0) is 11.2 Å². The Morgan fingerprint density at radius 2 is 1.96 bits per heavy atom. The average Bonchev–Trinajstić information content (AvgIpc) is 3.37. The number of hydrogen-bond acceptors (Lipinski definition) is 6. The molecule has 1 N–H and O–H groups in total. The lowest BCUT2D eigenvalue weighted by Gasteiger charge is -2.10. The number of hydrogen-bond donors (Lipinski definition) is 1. The van der Waals surface area contributed by atoms with E-state index in [4.69, 9.17) is 0 Å². The Morgan fingerprint density at radius 3 is 2.71 bits per heavy atom. The van der Waals surface area contributed by atoms with Crippen molar-refractivity contribution in [2.24, 2.45) is 0 Å². The quantitative estimate of drug-likeness (QED) is 0.461. The van der Waals surface area contributed by atoms with Gasteiger partial charge in [-0.05, 0) is 30.2 Å². The van der Waals surface area contributed by atoms with E-state index in [1.54, 1.807) is 10.9 Å². The third kappa shape index (κ3) is 4.00. The van der Waals surface area contributed by atoms with E-state index >= 15 is 0 Å². The van der Waals surface area contributed by atoms with Gasteiger partial charge in [0.15, 0.2) is 10.9 Å². The summed E-state index contributed by atoms with van der Waals surface area (Å²) in [7, 11) is 0. The smallest absolute Gasteiger partial charge is 0.233 e. The minimum absolute atomic E-state index is 0.00433. The van der Waals surface area contributed by atoms with Gasteiger partial charge >= 0.3 is 0 Å². The van der Waals surface area contributed by atoms with E-state index in [0.717, 1.165) is 21.3 Å². The Bertz CT molecular complexity index is 1120. The summed E-state index contributed by atoms with van der Waals surface area (Å²) >= 11 is 2.82. The average molecular weight is 408 g/mol. The molecule has 2 aromatic heterocycles. The molecule has 4 aromatic rings. The SMILES string of the molecule is CC(C(=O)Nc1nc2ccc(CC(=O)c3cscn3)cc2s1)c1ccccc1. The summed E-state index contributed by atoms with van der Waals surface area (Å²) in [6.07, 6.45) is 0.296. The third-order valence-corrected chi connectivity index (χ3v) is 5.98. The van der Waals surface area contributed by atoms with Crippen LogP contribution in [0.25, 0.3) is 10.2 Å². The van der Waals surface area contributed by atoms with Crippen LogP contribution in [0.4, 0.5) is 5.13 Å². The highest BCUT2D eigenvalue weighted by Crippen LogP contribution is 2.28. The summed E-state index contributed by atoms with van der Waals surface area (Å²) in [6.45, 7) is 1.88. The molecule has 1 amide bonds. The van der Waals surface area contributed by atoms with Crippen LogP contribution in [0.5, 0.6) is 0 Å². The molecule has 1 unspecified atom stereocenters. The Kier molecular flexibility index (Phi) is 5.27. The van der Waals surface area contributed by atoms with Gasteiger partial charge < -0.3 is 5.32 Å². The van der Waals surface area contributed by atoms with Crippen LogP contribution in [0.3, 0.4) is 0 Å².